The predicted octanol–water partition coefficient (Wildman–Crippen LogP) is 5.79. The zero-order valence-corrected chi connectivity index (χ0v) is 18.6. The van der Waals surface area contributed by atoms with Crippen LogP contribution < -0.4 is 10.1 Å². The minimum absolute atomic E-state index is 0.0153. The van der Waals surface area contributed by atoms with Crippen LogP contribution in [0.3, 0.4) is 0 Å². The molecule has 1 amide bonds. The van der Waals surface area contributed by atoms with Crippen molar-refractivity contribution in [2.24, 2.45) is 0 Å². The molecule has 0 bridgehead atoms. The van der Waals surface area contributed by atoms with E-state index in [0.717, 1.165) is 10.0 Å². The van der Waals surface area contributed by atoms with E-state index in [1.165, 1.54) is 18.2 Å². The maximum Gasteiger partial charge on any atom is 0.293 e. The molecule has 0 heterocycles. The minimum atomic E-state index is -0.756. The summed E-state index contributed by atoms with van der Waals surface area (Å²) >= 11 is 3.38. The lowest BCUT2D eigenvalue weighted by Crippen LogP contribution is -2.14. The van der Waals surface area contributed by atoms with E-state index in [4.69, 9.17) is 4.74 Å². The monoisotopic (exact) mass is 491 g/mol. The van der Waals surface area contributed by atoms with E-state index in [2.05, 4.69) is 21.2 Å². The molecule has 0 spiro atoms. The Kier molecular flexibility index (Phi) is 7.37. The largest absolute Gasteiger partial charge is 0.488 e. The van der Waals surface area contributed by atoms with Crippen molar-refractivity contribution in [2.45, 2.75) is 13.5 Å². The van der Waals surface area contributed by atoms with Crippen LogP contribution in [-0.4, -0.2) is 10.8 Å². The molecule has 3 aromatic rings. The molecule has 0 aliphatic heterocycles. The van der Waals surface area contributed by atoms with Crippen LogP contribution in [0, 0.1) is 28.4 Å². The molecule has 0 aromatic heterocycles. The molecule has 0 atom stereocenters. The molecule has 7 nitrogen and oxygen atoms in total. The van der Waals surface area contributed by atoms with Crippen molar-refractivity contribution in [3.8, 4) is 11.8 Å². The lowest BCUT2D eigenvalue weighted by molar-refractivity contribution is -0.384. The van der Waals surface area contributed by atoms with E-state index in [1.807, 2.05) is 36.4 Å². The molecule has 0 unspecified atom stereocenters. The summed E-state index contributed by atoms with van der Waals surface area (Å²) in [7, 11) is 0. The second-order valence-electron chi connectivity index (χ2n) is 6.86. The fraction of sp³-hybridized carbons (Fsp3) is 0.0833. The van der Waals surface area contributed by atoms with E-state index < -0.39 is 10.8 Å². The zero-order chi connectivity index (χ0) is 23.1. The first-order valence-corrected chi connectivity index (χ1v) is 10.3. The number of nitro benzene ring substituents is 1. The van der Waals surface area contributed by atoms with E-state index in [0.29, 0.717) is 23.5 Å². The molecule has 3 rings (SSSR count). The normalized spacial score (nSPS) is 10.8. The molecule has 0 aliphatic rings. The molecule has 0 saturated heterocycles. The van der Waals surface area contributed by atoms with Gasteiger partial charge in [0.05, 0.1) is 4.92 Å². The average molecular weight is 492 g/mol. The Morgan fingerprint density at radius 2 is 1.94 bits per heavy atom. The number of nitrogens with one attached hydrogen (secondary N) is 1. The Labute approximate surface area is 193 Å². The maximum atomic E-state index is 12.7. The maximum absolute atomic E-state index is 12.7. The van der Waals surface area contributed by atoms with Crippen molar-refractivity contribution in [3.63, 3.8) is 0 Å². The molecule has 1 N–H and O–H groups in total. The van der Waals surface area contributed by atoms with E-state index in [1.54, 1.807) is 31.2 Å². The van der Waals surface area contributed by atoms with Gasteiger partial charge in [-0.05, 0) is 48.4 Å². The molecule has 0 fully saturated rings. The highest BCUT2D eigenvalue weighted by atomic mass is 79.9. The Morgan fingerprint density at radius 3 is 2.62 bits per heavy atom. The number of ether oxygens (including phenoxy) is 1. The highest BCUT2D eigenvalue weighted by molar-refractivity contribution is 9.10. The highest BCUT2D eigenvalue weighted by Gasteiger charge is 2.18. The van der Waals surface area contributed by atoms with Gasteiger partial charge in [0, 0.05) is 16.1 Å². The molecule has 0 aliphatic carbocycles. The number of rotatable bonds is 7. The van der Waals surface area contributed by atoms with Gasteiger partial charge in [-0.25, -0.2) is 0 Å². The number of hydrogen-bond acceptors (Lipinski definition) is 5. The summed E-state index contributed by atoms with van der Waals surface area (Å²) in [5.41, 5.74) is 1.71. The van der Waals surface area contributed by atoms with Gasteiger partial charge in [-0.3, -0.25) is 14.9 Å². The average Bonchev–Trinajstić information content (AvgIpc) is 2.78. The number of hydrogen-bond donors (Lipinski definition) is 1. The summed E-state index contributed by atoms with van der Waals surface area (Å²) in [5.74, 6) is -0.271. The first kappa shape index (κ1) is 22.7. The van der Waals surface area contributed by atoms with Crippen LogP contribution in [0.5, 0.6) is 5.75 Å². The summed E-state index contributed by atoms with van der Waals surface area (Å²) in [5, 5.41) is 23.3. The summed E-state index contributed by atoms with van der Waals surface area (Å²) in [4.78, 5) is 23.4. The van der Waals surface area contributed by atoms with Crippen LogP contribution in [0.4, 0.5) is 11.4 Å². The molecule has 8 heteroatoms. The quantitative estimate of drug-likeness (QED) is 0.195. The van der Waals surface area contributed by atoms with Crippen LogP contribution >= 0.6 is 15.9 Å². The number of nitro groups is 1. The Balaban J connectivity index is 1.87. The first-order chi connectivity index (χ1) is 15.4. The molecule has 32 heavy (non-hydrogen) atoms. The molecule has 3 aromatic carbocycles. The summed E-state index contributed by atoms with van der Waals surface area (Å²) < 4.78 is 6.63. The van der Waals surface area contributed by atoms with Crippen molar-refractivity contribution >= 4 is 39.3 Å². The number of nitriles is 1. The highest BCUT2D eigenvalue weighted by Crippen LogP contribution is 2.28. The van der Waals surface area contributed by atoms with Gasteiger partial charge >= 0.3 is 0 Å². The van der Waals surface area contributed by atoms with Gasteiger partial charge in [-0.1, -0.05) is 52.3 Å². The number of carbonyl (C=O) groups is 1. The van der Waals surface area contributed by atoms with Gasteiger partial charge in [-0.15, -0.1) is 0 Å². The lowest BCUT2D eigenvalue weighted by Gasteiger charge is -2.11. The van der Waals surface area contributed by atoms with E-state index in [-0.39, 0.29) is 16.9 Å². The summed E-state index contributed by atoms with van der Waals surface area (Å²) in [6.07, 6.45) is 1.39. The van der Waals surface area contributed by atoms with Crippen molar-refractivity contribution < 1.29 is 14.5 Å². The van der Waals surface area contributed by atoms with Crippen LogP contribution in [0.1, 0.15) is 16.7 Å². The number of aryl methyl sites for hydroxylation is 1. The third-order valence-electron chi connectivity index (χ3n) is 4.47. The van der Waals surface area contributed by atoms with Gasteiger partial charge in [-0.2, -0.15) is 5.26 Å². The summed E-state index contributed by atoms with van der Waals surface area (Å²) in [6.45, 7) is 2.02. The number of halogens is 1. The Bertz CT molecular complexity index is 1230. The van der Waals surface area contributed by atoms with Gasteiger partial charge in [0.1, 0.15) is 29.7 Å². The first-order valence-electron chi connectivity index (χ1n) is 9.52. The molecule has 160 valence electrons. The van der Waals surface area contributed by atoms with Crippen molar-refractivity contribution in [3.05, 3.63) is 104 Å². The Hall–Kier alpha value is -3.96. The number of benzene rings is 3. The van der Waals surface area contributed by atoms with Gasteiger partial charge in [0.25, 0.3) is 11.6 Å². The third kappa shape index (κ3) is 5.80. The fourth-order valence-corrected chi connectivity index (χ4v) is 3.27. The lowest BCUT2D eigenvalue weighted by atomic mass is 10.1. The van der Waals surface area contributed by atoms with E-state index in [9.17, 15) is 20.2 Å². The van der Waals surface area contributed by atoms with Crippen molar-refractivity contribution in [1.29, 1.82) is 5.26 Å². The smallest absolute Gasteiger partial charge is 0.293 e. The van der Waals surface area contributed by atoms with Crippen LogP contribution in [0.25, 0.3) is 6.08 Å². The van der Waals surface area contributed by atoms with Crippen LogP contribution in [0.15, 0.2) is 76.8 Å². The summed E-state index contributed by atoms with van der Waals surface area (Å²) in [6, 6.07) is 21.1. The fourth-order valence-electron chi connectivity index (χ4n) is 2.89. The third-order valence-corrected chi connectivity index (χ3v) is 4.97. The number of nitrogens with zero attached hydrogens (tertiary/aromatic N) is 2. The number of anilines is 1. The molecular formula is C24H18BrN3O4. The standard InChI is InChI=1S/C24H18BrN3O4/c1-16-7-9-21(22(11-16)28(30)31)27-24(29)19(14-26)12-18-13-20(25)8-10-23(18)32-15-17-5-3-2-4-6-17/h2-13H,15H2,1H3,(H,27,29)/b19-12+. The molecule has 0 radical (unpaired) electrons. The number of amides is 1. The van der Waals surface area contributed by atoms with Gasteiger partial charge in [0.2, 0.25) is 0 Å². The molecule has 0 saturated carbocycles. The number of carbonyl (C=O) groups excluding carboxylic acids is 1. The van der Waals surface area contributed by atoms with Crippen LogP contribution in [0.2, 0.25) is 0 Å². The SMILES string of the molecule is Cc1ccc(NC(=O)/C(C#N)=C/c2cc(Br)ccc2OCc2ccccc2)c([N+](=O)[O-])c1. The second kappa shape index (κ2) is 10.4. The van der Waals surface area contributed by atoms with Crippen molar-refractivity contribution in [2.75, 3.05) is 5.32 Å². The van der Waals surface area contributed by atoms with Gasteiger partial charge < -0.3 is 10.1 Å². The van der Waals surface area contributed by atoms with Crippen LogP contribution in [-0.2, 0) is 11.4 Å². The van der Waals surface area contributed by atoms with E-state index >= 15 is 0 Å². The molecular weight excluding hydrogens is 474 g/mol. The van der Waals surface area contributed by atoms with Gasteiger partial charge in [0.15, 0.2) is 0 Å². The second-order valence-corrected chi connectivity index (χ2v) is 7.77. The Morgan fingerprint density at radius 1 is 1.19 bits per heavy atom. The topological polar surface area (TPSA) is 105 Å². The minimum Gasteiger partial charge on any atom is -0.488 e. The predicted molar refractivity (Wildman–Crippen MR) is 125 cm³/mol. The zero-order valence-electron chi connectivity index (χ0n) is 17.0. The van der Waals surface area contributed by atoms with Crippen molar-refractivity contribution in [1.82, 2.24) is 0 Å².